The number of rotatable bonds is 6. The van der Waals surface area contributed by atoms with Gasteiger partial charge in [0.05, 0.1) is 5.92 Å². The molecule has 0 fully saturated rings. The van der Waals surface area contributed by atoms with Crippen LogP contribution in [0.25, 0.3) is 0 Å². The predicted octanol–water partition coefficient (Wildman–Crippen LogP) is 0.638. The number of nitrogens with one attached hydrogen (secondary N) is 1. The Morgan fingerprint density at radius 2 is 1.94 bits per heavy atom. The van der Waals surface area contributed by atoms with Crippen LogP contribution in [0.1, 0.15) is 22.8 Å². The molecule has 0 aliphatic carbocycles. The molecule has 0 radical (unpaired) electrons. The molecule has 0 heterocycles. The average molecular weight is 250 g/mol. The zero-order valence-corrected chi connectivity index (χ0v) is 10.3. The first-order valence-electron chi connectivity index (χ1n) is 5.84. The lowest BCUT2D eigenvalue weighted by Gasteiger charge is -2.08. The topological polar surface area (TPSA) is 92.4 Å². The lowest BCUT2D eigenvalue weighted by Crippen LogP contribution is -2.31. The van der Waals surface area contributed by atoms with Crippen LogP contribution in [0.15, 0.2) is 24.3 Å². The Kier molecular flexibility index (Phi) is 5.32. The molecule has 1 amide bonds. The number of carbonyl (C=O) groups is 2. The molecule has 0 aliphatic rings. The Morgan fingerprint density at radius 1 is 1.33 bits per heavy atom. The molecule has 1 rings (SSSR count). The second kappa shape index (κ2) is 6.76. The zero-order chi connectivity index (χ0) is 13.5. The van der Waals surface area contributed by atoms with E-state index in [-0.39, 0.29) is 12.5 Å². The molecule has 4 N–H and O–H groups in total. The van der Waals surface area contributed by atoms with Crippen LogP contribution in [-0.2, 0) is 11.2 Å². The van der Waals surface area contributed by atoms with Gasteiger partial charge in [0, 0.05) is 12.1 Å². The van der Waals surface area contributed by atoms with Crippen LogP contribution in [0, 0.1) is 5.92 Å². The molecule has 0 bridgehead atoms. The molecule has 1 aromatic rings. The highest BCUT2D eigenvalue weighted by Gasteiger charge is 2.12. The van der Waals surface area contributed by atoms with Crippen LogP contribution in [-0.4, -0.2) is 30.1 Å². The summed E-state index contributed by atoms with van der Waals surface area (Å²) in [5.74, 6) is -1.78. The van der Waals surface area contributed by atoms with Gasteiger partial charge in [-0.2, -0.15) is 0 Å². The number of aliphatic carboxylic acids is 1. The number of nitrogens with two attached hydrogens (primary N) is 1. The third kappa shape index (κ3) is 4.18. The SMILES string of the molecule is CC(CNC(=O)c1ccc(CCN)cc1)C(=O)O. The molecule has 1 aromatic carbocycles. The molecule has 98 valence electrons. The van der Waals surface area contributed by atoms with Gasteiger partial charge in [-0.3, -0.25) is 9.59 Å². The summed E-state index contributed by atoms with van der Waals surface area (Å²) >= 11 is 0. The number of carbonyl (C=O) groups excluding carboxylic acids is 1. The smallest absolute Gasteiger partial charge is 0.308 e. The standard InChI is InChI=1S/C13H18N2O3/c1-9(13(17)18)8-15-12(16)11-4-2-10(3-5-11)6-7-14/h2-5,9H,6-8,14H2,1H3,(H,15,16)(H,17,18). The van der Waals surface area contributed by atoms with Crippen molar-refractivity contribution < 1.29 is 14.7 Å². The summed E-state index contributed by atoms with van der Waals surface area (Å²) < 4.78 is 0. The number of hydrogen-bond donors (Lipinski definition) is 3. The van der Waals surface area contributed by atoms with E-state index in [1.165, 1.54) is 0 Å². The largest absolute Gasteiger partial charge is 0.481 e. The molecule has 0 saturated heterocycles. The second-order valence-corrected chi connectivity index (χ2v) is 4.18. The van der Waals surface area contributed by atoms with E-state index in [1.807, 2.05) is 12.1 Å². The highest BCUT2D eigenvalue weighted by Crippen LogP contribution is 2.05. The highest BCUT2D eigenvalue weighted by molar-refractivity contribution is 5.94. The third-order valence-corrected chi connectivity index (χ3v) is 2.64. The van der Waals surface area contributed by atoms with Crippen molar-refractivity contribution >= 4 is 11.9 Å². The van der Waals surface area contributed by atoms with Crippen LogP contribution < -0.4 is 11.1 Å². The first-order chi connectivity index (χ1) is 8.54. The molecule has 0 spiro atoms. The van der Waals surface area contributed by atoms with Crippen molar-refractivity contribution in [3.05, 3.63) is 35.4 Å². The van der Waals surface area contributed by atoms with Gasteiger partial charge in [-0.05, 0) is 30.7 Å². The normalized spacial score (nSPS) is 11.9. The third-order valence-electron chi connectivity index (χ3n) is 2.64. The van der Waals surface area contributed by atoms with Gasteiger partial charge in [0.25, 0.3) is 5.91 Å². The fraction of sp³-hybridized carbons (Fsp3) is 0.385. The first-order valence-corrected chi connectivity index (χ1v) is 5.84. The highest BCUT2D eigenvalue weighted by atomic mass is 16.4. The van der Waals surface area contributed by atoms with Crippen molar-refractivity contribution in [1.82, 2.24) is 5.32 Å². The predicted molar refractivity (Wildman–Crippen MR) is 68.3 cm³/mol. The second-order valence-electron chi connectivity index (χ2n) is 4.18. The maximum Gasteiger partial charge on any atom is 0.308 e. The zero-order valence-electron chi connectivity index (χ0n) is 10.3. The van der Waals surface area contributed by atoms with E-state index in [9.17, 15) is 9.59 Å². The number of benzene rings is 1. The summed E-state index contributed by atoms with van der Waals surface area (Å²) in [7, 11) is 0. The van der Waals surface area contributed by atoms with E-state index in [2.05, 4.69) is 5.32 Å². The fourth-order valence-electron chi connectivity index (χ4n) is 1.42. The Morgan fingerprint density at radius 3 is 2.44 bits per heavy atom. The van der Waals surface area contributed by atoms with Crippen LogP contribution in [0.3, 0.4) is 0 Å². The summed E-state index contributed by atoms with van der Waals surface area (Å²) in [5.41, 5.74) is 7.03. The Bertz CT molecular complexity index is 415. The van der Waals surface area contributed by atoms with E-state index in [0.717, 1.165) is 12.0 Å². The summed E-state index contributed by atoms with van der Waals surface area (Å²) in [6.45, 7) is 2.24. The minimum Gasteiger partial charge on any atom is -0.481 e. The average Bonchev–Trinajstić information content (AvgIpc) is 2.36. The number of amides is 1. The van der Waals surface area contributed by atoms with Crippen LogP contribution >= 0.6 is 0 Å². The van der Waals surface area contributed by atoms with Crippen molar-refractivity contribution in [1.29, 1.82) is 0 Å². The number of hydrogen-bond acceptors (Lipinski definition) is 3. The van der Waals surface area contributed by atoms with Crippen molar-refractivity contribution in [3.63, 3.8) is 0 Å². The minimum absolute atomic E-state index is 0.124. The van der Waals surface area contributed by atoms with Crippen molar-refractivity contribution in [3.8, 4) is 0 Å². The van der Waals surface area contributed by atoms with Gasteiger partial charge in [-0.25, -0.2) is 0 Å². The number of carboxylic acid groups (broad SMARTS) is 1. The molecule has 5 nitrogen and oxygen atoms in total. The van der Waals surface area contributed by atoms with Crippen LogP contribution in [0.5, 0.6) is 0 Å². The van der Waals surface area contributed by atoms with Crippen molar-refractivity contribution in [2.75, 3.05) is 13.1 Å². The van der Waals surface area contributed by atoms with Crippen molar-refractivity contribution in [2.24, 2.45) is 11.7 Å². The van der Waals surface area contributed by atoms with Gasteiger partial charge in [0.15, 0.2) is 0 Å². The lowest BCUT2D eigenvalue weighted by atomic mass is 10.1. The Hall–Kier alpha value is -1.88. The van der Waals surface area contributed by atoms with Crippen molar-refractivity contribution in [2.45, 2.75) is 13.3 Å². The van der Waals surface area contributed by atoms with Gasteiger partial charge in [-0.15, -0.1) is 0 Å². The van der Waals surface area contributed by atoms with E-state index >= 15 is 0 Å². The summed E-state index contributed by atoms with van der Waals surface area (Å²) in [4.78, 5) is 22.3. The number of carboxylic acids is 1. The lowest BCUT2D eigenvalue weighted by molar-refractivity contribution is -0.140. The quantitative estimate of drug-likeness (QED) is 0.690. The van der Waals surface area contributed by atoms with E-state index in [4.69, 9.17) is 10.8 Å². The van der Waals surface area contributed by atoms with Gasteiger partial charge in [0.2, 0.25) is 0 Å². The molecule has 1 unspecified atom stereocenters. The van der Waals surface area contributed by atoms with Gasteiger partial charge < -0.3 is 16.2 Å². The fourth-order valence-corrected chi connectivity index (χ4v) is 1.42. The molecule has 18 heavy (non-hydrogen) atoms. The van der Waals surface area contributed by atoms with E-state index < -0.39 is 11.9 Å². The Balaban J connectivity index is 2.54. The first kappa shape index (κ1) is 14.2. The molecular weight excluding hydrogens is 232 g/mol. The monoisotopic (exact) mass is 250 g/mol. The van der Waals surface area contributed by atoms with Crippen LogP contribution in [0.4, 0.5) is 0 Å². The molecule has 0 saturated carbocycles. The van der Waals surface area contributed by atoms with Gasteiger partial charge >= 0.3 is 5.97 Å². The molecule has 0 aliphatic heterocycles. The van der Waals surface area contributed by atoms with E-state index in [1.54, 1.807) is 19.1 Å². The Labute approximate surface area is 106 Å². The molecule has 0 aromatic heterocycles. The summed E-state index contributed by atoms with van der Waals surface area (Å²) in [6.07, 6.45) is 0.776. The van der Waals surface area contributed by atoms with E-state index in [0.29, 0.717) is 12.1 Å². The van der Waals surface area contributed by atoms with Gasteiger partial charge in [0.1, 0.15) is 0 Å². The summed E-state index contributed by atoms with van der Waals surface area (Å²) in [5, 5.41) is 11.3. The minimum atomic E-state index is -0.923. The summed E-state index contributed by atoms with van der Waals surface area (Å²) in [6, 6.07) is 7.13. The van der Waals surface area contributed by atoms with Gasteiger partial charge in [-0.1, -0.05) is 19.1 Å². The maximum atomic E-state index is 11.7. The maximum absolute atomic E-state index is 11.7. The molecule has 1 atom stereocenters. The van der Waals surface area contributed by atoms with Crippen LogP contribution in [0.2, 0.25) is 0 Å². The molecular formula is C13H18N2O3. The molecule has 5 heteroatoms.